The number of likely N-dealkylation sites (N-methyl/N-ethyl adjacent to an activating group) is 1. The van der Waals surface area contributed by atoms with Crippen LogP contribution in [0.2, 0.25) is 0 Å². The zero-order chi connectivity index (χ0) is 10.4. The van der Waals surface area contributed by atoms with Crippen molar-refractivity contribution in [3.63, 3.8) is 0 Å². The fraction of sp³-hybridized carbons (Fsp3) is 0.500. The fourth-order valence-corrected chi connectivity index (χ4v) is 1.47. The average molecular weight is 192 g/mol. The highest BCUT2D eigenvalue weighted by atomic mass is 15.0. The quantitative estimate of drug-likeness (QED) is 0.742. The molecule has 0 spiro atoms. The van der Waals surface area contributed by atoms with Crippen molar-refractivity contribution in [3.8, 4) is 0 Å². The molecule has 2 nitrogen and oxygen atoms in total. The van der Waals surface area contributed by atoms with Gasteiger partial charge in [0.1, 0.15) is 0 Å². The predicted molar refractivity (Wildman–Crippen MR) is 61.4 cm³/mol. The number of hydrogen-bond acceptors (Lipinski definition) is 2. The largest absolute Gasteiger partial charge is 0.318 e. The summed E-state index contributed by atoms with van der Waals surface area (Å²) in [6.07, 6.45) is 0. The summed E-state index contributed by atoms with van der Waals surface area (Å²) in [5.41, 5.74) is 2.74. The summed E-state index contributed by atoms with van der Waals surface area (Å²) >= 11 is 0. The highest BCUT2D eigenvalue weighted by Gasteiger charge is 2.00. The SMILES string of the molecule is CNCC(C)NCc1ccccc1C. The van der Waals surface area contributed by atoms with E-state index in [4.69, 9.17) is 0 Å². The molecule has 1 aromatic carbocycles. The minimum atomic E-state index is 0.514. The van der Waals surface area contributed by atoms with E-state index in [1.54, 1.807) is 0 Å². The van der Waals surface area contributed by atoms with Crippen molar-refractivity contribution in [1.82, 2.24) is 10.6 Å². The van der Waals surface area contributed by atoms with Crippen LogP contribution >= 0.6 is 0 Å². The molecule has 0 bridgehead atoms. The van der Waals surface area contributed by atoms with Gasteiger partial charge >= 0.3 is 0 Å². The minimum Gasteiger partial charge on any atom is -0.318 e. The van der Waals surface area contributed by atoms with Gasteiger partial charge in [-0.05, 0) is 32.0 Å². The normalized spacial score (nSPS) is 12.8. The summed E-state index contributed by atoms with van der Waals surface area (Å²) in [7, 11) is 1.98. The number of aryl methyl sites for hydroxylation is 1. The Morgan fingerprint density at radius 2 is 2.00 bits per heavy atom. The molecule has 0 amide bonds. The van der Waals surface area contributed by atoms with Crippen LogP contribution in [-0.2, 0) is 6.54 Å². The van der Waals surface area contributed by atoms with Gasteiger partial charge in [0.05, 0.1) is 0 Å². The molecule has 0 aliphatic rings. The van der Waals surface area contributed by atoms with Crippen LogP contribution in [-0.4, -0.2) is 19.6 Å². The molecular weight excluding hydrogens is 172 g/mol. The highest BCUT2D eigenvalue weighted by Crippen LogP contribution is 2.06. The van der Waals surface area contributed by atoms with Crippen LogP contribution in [0.1, 0.15) is 18.1 Å². The molecule has 0 saturated heterocycles. The Morgan fingerprint density at radius 3 is 2.64 bits per heavy atom. The zero-order valence-electron chi connectivity index (χ0n) is 9.30. The number of nitrogens with one attached hydrogen (secondary N) is 2. The molecule has 1 unspecified atom stereocenters. The first kappa shape index (κ1) is 11.2. The third-order valence-corrected chi connectivity index (χ3v) is 2.41. The van der Waals surface area contributed by atoms with Crippen LogP contribution in [0.25, 0.3) is 0 Å². The topological polar surface area (TPSA) is 24.1 Å². The molecule has 14 heavy (non-hydrogen) atoms. The number of rotatable bonds is 5. The van der Waals surface area contributed by atoms with Crippen LogP contribution in [0.15, 0.2) is 24.3 Å². The van der Waals surface area contributed by atoms with Crippen molar-refractivity contribution in [1.29, 1.82) is 0 Å². The second kappa shape index (κ2) is 5.78. The first-order valence-electron chi connectivity index (χ1n) is 5.16. The van der Waals surface area contributed by atoms with Gasteiger partial charge in [-0.3, -0.25) is 0 Å². The molecule has 0 aliphatic carbocycles. The maximum absolute atomic E-state index is 3.48. The minimum absolute atomic E-state index is 0.514. The molecule has 1 atom stereocenters. The second-order valence-corrected chi connectivity index (χ2v) is 3.77. The van der Waals surface area contributed by atoms with Crippen molar-refractivity contribution < 1.29 is 0 Å². The van der Waals surface area contributed by atoms with Gasteiger partial charge < -0.3 is 10.6 Å². The van der Waals surface area contributed by atoms with E-state index < -0.39 is 0 Å². The van der Waals surface area contributed by atoms with Crippen LogP contribution in [0.4, 0.5) is 0 Å². The maximum Gasteiger partial charge on any atom is 0.0211 e. The Bertz CT molecular complexity index is 271. The summed E-state index contributed by atoms with van der Waals surface area (Å²) in [6, 6.07) is 9.01. The van der Waals surface area contributed by atoms with E-state index in [2.05, 4.69) is 48.7 Å². The summed E-state index contributed by atoms with van der Waals surface area (Å²) in [5.74, 6) is 0. The third kappa shape index (κ3) is 3.48. The Balaban J connectivity index is 2.41. The van der Waals surface area contributed by atoms with E-state index in [-0.39, 0.29) is 0 Å². The molecule has 1 aromatic rings. The molecule has 78 valence electrons. The molecule has 0 fully saturated rings. The smallest absolute Gasteiger partial charge is 0.0211 e. The van der Waals surface area contributed by atoms with Crippen LogP contribution in [0, 0.1) is 6.92 Å². The van der Waals surface area contributed by atoms with Crippen LogP contribution < -0.4 is 10.6 Å². The highest BCUT2D eigenvalue weighted by molar-refractivity contribution is 5.25. The molecule has 0 saturated carbocycles. The standard InChI is InChI=1S/C12H20N2/c1-10-6-4-5-7-12(10)9-14-11(2)8-13-3/h4-7,11,13-14H,8-9H2,1-3H3. The van der Waals surface area contributed by atoms with Crippen LogP contribution in [0.5, 0.6) is 0 Å². The van der Waals surface area contributed by atoms with Gasteiger partial charge in [0.25, 0.3) is 0 Å². The van der Waals surface area contributed by atoms with Crippen LogP contribution in [0.3, 0.4) is 0 Å². The van der Waals surface area contributed by atoms with E-state index in [1.807, 2.05) is 7.05 Å². The monoisotopic (exact) mass is 192 g/mol. The molecule has 2 heteroatoms. The number of hydrogen-bond donors (Lipinski definition) is 2. The Labute approximate surface area is 86.7 Å². The lowest BCUT2D eigenvalue weighted by molar-refractivity contribution is 0.522. The average Bonchev–Trinajstić information content (AvgIpc) is 2.17. The van der Waals surface area contributed by atoms with Gasteiger partial charge in [-0.25, -0.2) is 0 Å². The molecule has 0 aromatic heterocycles. The van der Waals surface area contributed by atoms with E-state index in [9.17, 15) is 0 Å². The lowest BCUT2D eigenvalue weighted by Crippen LogP contribution is -2.34. The van der Waals surface area contributed by atoms with Gasteiger partial charge in [-0.1, -0.05) is 24.3 Å². The van der Waals surface area contributed by atoms with Gasteiger partial charge in [0.15, 0.2) is 0 Å². The summed E-state index contributed by atoms with van der Waals surface area (Å²) in [5, 5.41) is 6.63. The lowest BCUT2D eigenvalue weighted by atomic mass is 10.1. The van der Waals surface area contributed by atoms with Gasteiger partial charge in [-0.15, -0.1) is 0 Å². The second-order valence-electron chi connectivity index (χ2n) is 3.77. The fourth-order valence-electron chi connectivity index (χ4n) is 1.47. The van der Waals surface area contributed by atoms with E-state index in [1.165, 1.54) is 11.1 Å². The summed E-state index contributed by atoms with van der Waals surface area (Å²) in [4.78, 5) is 0. The van der Waals surface area contributed by atoms with Gasteiger partial charge in [0, 0.05) is 19.1 Å². The van der Waals surface area contributed by atoms with Crippen molar-refractivity contribution in [3.05, 3.63) is 35.4 Å². The first-order chi connectivity index (χ1) is 6.74. The zero-order valence-corrected chi connectivity index (χ0v) is 9.30. The van der Waals surface area contributed by atoms with Crippen molar-refractivity contribution in [2.45, 2.75) is 26.4 Å². The Hall–Kier alpha value is -0.860. The Morgan fingerprint density at radius 1 is 1.29 bits per heavy atom. The molecule has 0 heterocycles. The van der Waals surface area contributed by atoms with Crippen molar-refractivity contribution >= 4 is 0 Å². The predicted octanol–water partition coefficient (Wildman–Crippen LogP) is 1.69. The van der Waals surface area contributed by atoms with Gasteiger partial charge in [-0.2, -0.15) is 0 Å². The first-order valence-corrected chi connectivity index (χ1v) is 5.16. The number of benzene rings is 1. The van der Waals surface area contributed by atoms with Crippen molar-refractivity contribution in [2.75, 3.05) is 13.6 Å². The third-order valence-electron chi connectivity index (χ3n) is 2.41. The molecular formula is C12H20N2. The molecule has 2 N–H and O–H groups in total. The lowest BCUT2D eigenvalue weighted by Gasteiger charge is -2.14. The van der Waals surface area contributed by atoms with E-state index in [0.717, 1.165) is 13.1 Å². The van der Waals surface area contributed by atoms with E-state index in [0.29, 0.717) is 6.04 Å². The van der Waals surface area contributed by atoms with E-state index >= 15 is 0 Å². The van der Waals surface area contributed by atoms with Gasteiger partial charge in [0.2, 0.25) is 0 Å². The molecule has 1 rings (SSSR count). The van der Waals surface area contributed by atoms with Crippen molar-refractivity contribution in [2.24, 2.45) is 0 Å². The molecule has 0 radical (unpaired) electrons. The Kier molecular flexibility index (Phi) is 4.63. The molecule has 0 aliphatic heterocycles. The summed E-state index contributed by atoms with van der Waals surface area (Å²) in [6.45, 7) is 6.30. The summed E-state index contributed by atoms with van der Waals surface area (Å²) < 4.78 is 0. The maximum atomic E-state index is 3.48.